The standard InChI is InChI=1S/C31H25F4N3O6S/c1-17-36-28(20-9-11-25-26(14-20)44-31(34,35)43-25)29(42-17)23-13-19(18-6-5-7-21(12-18)45(4,39)40)8-10-22(23)24-15-27(37-38(24)2)30(32,33)16-41-3/h5-15H,16H2,1-4H3. The van der Waals surface area contributed by atoms with Gasteiger partial charge in [0.2, 0.25) is 0 Å². The first-order valence-electron chi connectivity index (χ1n) is 13.4. The molecule has 3 aromatic carbocycles. The fourth-order valence-electron chi connectivity index (χ4n) is 5.10. The molecule has 0 fully saturated rings. The average Bonchev–Trinajstić information content (AvgIpc) is 3.65. The van der Waals surface area contributed by atoms with Gasteiger partial charge in [-0.1, -0.05) is 24.3 Å². The number of halogens is 4. The van der Waals surface area contributed by atoms with Crippen molar-refractivity contribution in [1.29, 1.82) is 0 Å². The molecule has 0 bridgehead atoms. The van der Waals surface area contributed by atoms with Gasteiger partial charge in [-0.2, -0.15) is 13.9 Å². The van der Waals surface area contributed by atoms with Crippen LogP contribution in [0.3, 0.4) is 0 Å². The number of fused-ring (bicyclic) bond motifs is 1. The number of hydrogen-bond acceptors (Lipinski definition) is 8. The lowest BCUT2D eigenvalue weighted by Crippen LogP contribution is -2.25. The number of oxazole rings is 1. The Morgan fingerprint density at radius 3 is 2.38 bits per heavy atom. The molecule has 14 heteroatoms. The van der Waals surface area contributed by atoms with Crippen LogP contribution in [-0.2, 0) is 27.5 Å². The maximum absolute atomic E-state index is 14.8. The summed E-state index contributed by atoms with van der Waals surface area (Å²) in [5, 5.41) is 4.04. The highest BCUT2D eigenvalue weighted by Crippen LogP contribution is 2.46. The van der Waals surface area contributed by atoms with E-state index >= 15 is 0 Å². The second-order valence-corrected chi connectivity index (χ2v) is 12.5. The van der Waals surface area contributed by atoms with E-state index in [1.54, 1.807) is 37.3 Å². The van der Waals surface area contributed by atoms with Crippen LogP contribution in [0.1, 0.15) is 11.6 Å². The van der Waals surface area contributed by atoms with E-state index in [4.69, 9.17) is 4.42 Å². The number of alkyl halides is 4. The summed E-state index contributed by atoms with van der Waals surface area (Å²) >= 11 is 0. The molecule has 6 rings (SSSR count). The Morgan fingerprint density at radius 2 is 1.64 bits per heavy atom. The van der Waals surface area contributed by atoms with Gasteiger partial charge in [-0.3, -0.25) is 4.68 Å². The van der Waals surface area contributed by atoms with Gasteiger partial charge in [0.1, 0.15) is 18.0 Å². The monoisotopic (exact) mass is 643 g/mol. The molecule has 0 unspecified atom stereocenters. The number of sulfone groups is 1. The average molecular weight is 644 g/mol. The zero-order valence-electron chi connectivity index (χ0n) is 24.3. The summed E-state index contributed by atoms with van der Waals surface area (Å²) in [4.78, 5) is 4.61. The smallest absolute Gasteiger partial charge is 0.440 e. The van der Waals surface area contributed by atoms with Gasteiger partial charge >= 0.3 is 12.2 Å². The summed E-state index contributed by atoms with van der Waals surface area (Å²) in [6, 6.07) is 16.8. The van der Waals surface area contributed by atoms with Gasteiger partial charge in [0.05, 0.1) is 10.6 Å². The number of methoxy groups -OCH3 is 1. The number of ether oxygens (including phenoxy) is 3. The van der Waals surface area contributed by atoms with Crippen LogP contribution < -0.4 is 9.47 Å². The van der Waals surface area contributed by atoms with Gasteiger partial charge in [0.25, 0.3) is 0 Å². The van der Waals surface area contributed by atoms with Crippen LogP contribution in [0.5, 0.6) is 11.5 Å². The first-order chi connectivity index (χ1) is 21.1. The van der Waals surface area contributed by atoms with E-state index < -0.39 is 34.4 Å². The highest BCUT2D eigenvalue weighted by molar-refractivity contribution is 7.90. The molecule has 0 spiro atoms. The molecule has 3 heterocycles. The summed E-state index contributed by atoms with van der Waals surface area (Å²) in [6.07, 6.45) is -2.72. The van der Waals surface area contributed by atoms with E-state index in [1.807, 2.05) is 0 Å². The molecular weight excluding hydrogens is 618 g/mol. The summed E-state index contributed by atoms with van der Waals surface area (Å²) in [6.45, 7) is 0.723. The predicted molar refractivity (Wildman–Crippen MR) is 155 cm³/mol. The second-order valence-electron chi connectivity index (χ2n) is 10.5. The lowest BCUT2D eigenvalue weighted by Gasteiger charge is -2.13. The first kappa shape index (κ1) is 30.3. The Morgan fingerprint density at radius 1 is 0.933 bits per heavy atom. The molecule has 0 saturated carbocycles. The minimum atomic E-state index is -3.83. The van der Waals surface area contributed by atoms with Gasteiger partial charge in [0, 0.05) is 44.0 Å². The first-order valence-corrected chi connectivity index (χ1v) is 15.3. The minimum Gasteiger partial charge on any atom is -0.440 e. The third-order valence-corrected chi connectivity index (χ3v) is 8.23. The third-order valence-electron chi connectivity index (χ3n) is 7.12. The van der Waals surface area contributed by atoms with Gasteiger partial charge in [-0.25, -0.2) is 13.4 Å². The Labute approximate surface area is 254 Å². The number of aryl methyl sites for hydroxylation is 2. The molecule has 0 aliphatic carbocycles. The molecule has 5 aromatic rings. The highest BCUT2D eigenvalue weighted by atomic mass is 32.2. The second kappa shape index (κ2) is 10.7. The molecule has 0 N–H and O–H groups in total. The Hall–Kier alpha value is -4.69. The SMILES string of the molecule is COCC(F)(F)c1cc(-c2ccc(-c3cccc(S(C)(=O)=O)c3)cc2-c2oc(C)nc2-c2ccc3c(c2)OC(F)(F)O3)n(C)n1. The van der Waals surface area contributed by atoms with E-state index in [9.17, 15) is 26.0 Å². The van der Waals surface area contributed by atoms with E-state index in [-0.39, 0.29) is 33.7 Å². The molecule has 1 aliphatic rings. The van der Waals surface area contributed by atoms with Gasteiger partial charge in [0.15, 0.2) is 33.0 Å². The van der Waals surface area contributed by atoms with Gasteiger partial charge in [-0.15, -0.1) is 8.78 Å². The van der Waals surface area contributed by atoms with Crippen LogP contribution in [0.4, 0.5) is 17.6 Å². The number of nitrogens with zero attached hydrogens (tertiary/aromatic N) is 3. The quantitative estimate of drug-likeness (QED) is 0.169. The van der Waals surface area contributed by atoms with Crippen LogP contribution in [0, 0.1) is 6.92 Å². The molecule has 0 amide bonds. The van der Waals surface area contributed by atoms with E-state index in [0.29, 0.717) is 33.5 Å². The zero-order chi connectivity index (χ0) is 32.3. The maximum Gasteiger partial charge on any atom is 0.586 e. The van der Waals surface area contributed by atoms with Crippen molar-refractivity contribution in [2.24, 2.45) is 7.05 Å². The van der Waals surface area contributed by atoms with Crippen LogP contribution >= 0.6 is 0 Å². The number of hydrogen-bond donors (Lipinski definition) is 0. The van der Waals surface area contributed by atoms with E-state index in [1.165, 1.54) is 55.2 Å². The molecule has 45 heavy (non-hydrogen) atoms. The predicted octanol–water partition coefficient (Wildman–Crippen LogP) is 6.85. The molecule has 0 saturated heterocycles. The Bertz CT molecular complexity index is 2060. The van der Waals surface area contributed by atoms with Crippen molar-refractivity contribution < 1.29 is 44.6 Å². The van der Waals surface area contributed by atoms with Crippen molar-refractivity contribution in [2.45, 2.75) is 24.0 Å². The van der Waals surface area contributed by atoms with E-state index in [0.717, 1.165) is 6.26 Å². The van der Waals surface area contributed by atoms with Gasteiger partial charge < -0.3 is 18.6 Å². The fraction of sp³-hybridized carbons (Fsp3) is 0.226. The van der Waals surface area contributed by atoms with Crippen molar-refractivity contribution in [1.82, 2.24) is 14.8 Å². The van der Waals surface area contributed by atoms with Crippen molar-refractivity contribution in [3.05, 3.63) is 78.3 Å². The molecule has 2 aromatic heterocycles. The molecule has 234 valence electrons. The number of aromatic nitrogens is 3. The number of benzene rings is 3. The normalized spacial score (nSPS) is 14.2. The van der Waals surface area contributed by atoms with Crippen LogP contribution in [0.25, 0.3) is 45.0 Å². The van der Waals surface area contributed by atoms with Gasteiger partial charge in [-0.05, 0) is 53.6 Å². The lowest BCUT2D eigenvalue weighted by atomic mass is 9.94. The van der Waals surface area contributed by atoms with E-state index in [2.05, 4.69) is 24.3 Å². The minimum absolute atomic E-state index is 0.107. The molecule has 9 nitrogen and oxygen atoms in total. The summed E-state index contributed by atoms with van der Waals surface area (Å²) < 4.78 is 103. The van der Waals surface area contributed by atoms with Crippen LogP contribution in [0.2, 0.25) is 0 Å². The van der Waals surface area contributed by atoms with Crippen LogP contribution in [-0.4, -0.2) is 49.4 Å². The topological polar surface area (TPSA) is 106 Å². The molecular formula is C31H25F4N3O6S. The number of rotatable bonds is 8. The highest BCUT2D eigenvalue weighted by Gasteiger charge is 2.43. The van der Waals surface area contributed by atoms with Crippen molar-refractivity contribution in [3.8, 4) is 56.5 Å². The summed E-state index contributed by atoms with van der Waals surface area (Å²) in [5.41, 5.74) is 2.36. The van der Waals surface area contributed by atoms with Crippen molar-refractivity contribution in [2.75, 3.05) is 20.0 Å². The molecule has 0 atom stereocenters. The summed E-state index contributed by atoms with van der Waals surface area (Å²) in [5.74, 6) is -3.30. The van der Waals surface area contributed by atoms with Crippen LogP contribution in [0.15, 0.2) is 76.0 Å². The van der Waals surface area contributed by atoms with Crippen molar-refractivity contribution >= 4 is 9.84 Å². The zero-order valence-corrected chi connectivity index (χ0v) is 25.1. The molecule has 0 radical (unpaired) electrons. The fourth-order valence-corrected chi connectivity index (χ4v) is 5.76. The summed E-state index contributed by atoms with van der Waals surface area (Å²) in [7, 11) is -0.840. The largest absolute Gasteiger partial charge is 0.586 e. The maximum atomic E-state index is 14.8. The Balaban J connectivity index is 1.56. The van der Waals surface area contributed by atoms with Crippen molar-refractivity contribution in [3.63, 3.8) is 0 Å². The lowest BCUT2D eigenvalue weighted by molar-refractivity contribution is -0.286. The Kier molecular flexibility index (Phi) is 7.24. The molecule has 1 aliphatic heterocycles. The third kappa shape index (κ3) is 5.78.